The first kappa shape index (κ1) is 13.6. The largest absolute Gasteiger partial charge is 0.329 e. The summed E-state index contributed by atoms with van der Waals surface area (Å²) in [7, 11) is 0. The van der Waals surface area contributed by atoms with Crippen molar-refractivity contribution in [3.05, 3.63) is 33.0 Å². The van der Waals surface area contributed by atoms with Gasteiger partial charge in [0.25, 0.3) is 0 Å². The predicted molar refractivity (Wildman–Crippen MR) is 66.3 cm³/mol. The van der Waals surface area contributed by atoms with Crippen molar-refractivity contribution in [2.24, 2.45) is 11.1 Å². The van der Waals surface area contributed by atoms with Gasteiger partial charge in [0, 0.05) is 16.4 Å². The Hall–Kier alpha value is -0.450. The fourth-order valence-corrected chi connectivity index (χ4v) is 1.63. The molecule has 16 heavy (non-hydrogen) atoms. The normalized spacial score (nSPS) is 11.6. The van der Waals surface area contributed by atoms with Gasteiger partial charge in [0.05, 0.1) is 10.6 Å². The van der Waals surface area contributed by atoms with Gasteiger partial charge in [-0.1, -0.05) is 25.4 Å². The highest BCUT2D eigenvalue weighted by Gasteiger charge is 2.30. The molecule has 5 heteroatoms. The number of rotatable bonds is 3. The van der Waals surface area contributed by atoms with Gasteiger partial charge in [-0.3, -0.25) is 4.79 Å². The smallest absolute Gasteiger partial charge is 0.172 e. The standard InChI is InChI=1S/C11H12BrClFNO/c1-11(2,5-15)10(16)6-3-4-7(12)8(13)9(6)14/h3-4H,5,15H2,1-2H3. The van der Waals surface area contributed by atoms with Gasteiger partial charge in [0.2, 0.25) is 0 Å². The van der Waals surface area contributed by atoms with E-state index in [9.17, 15) is 9.18 Å². The van der Waals surface area contributed by atoms with Gasteiger partial charge in [-0.15, -0.1) is 0 Å². The van der Waals surface area contributed by atoms with Crippen LogP contribution < -0.4 is 5.73 Å². The van der Waals surface area contributed by atoms with Crippen LogP contribution in [0.2, 0.25) is 5.02 Å². The van der Waals surface area contributed by atoms with Crippen LogP contribution in [0.4, 0.5) is 4.39 Å². The van der Waals surface area contributed by atoms with E-state index in [0.29, 0.717) is 4.47 Å². The van der Waals surface area contributed by atoms with Gasteiger partial charge < -0.3 is 5.73 Å². The van der Waals surface area contributed by atoms with Crippen molar-refractivity contribution >= 4 is 33.3 Å². The molecular weight excluding hydrogens is 296 g/mol. The molecular formula is C11H12BrClFNO. The van der Waals surface area contributed by atoms with E-state index in [1.807, 2.05) is 0 Å². The van der Waals surface area contributed by atoms with Crippen molar-refractivity contribution in [1.82, 2.24) is 0 Å². The molecule has 0 amide bonds. The van der Waals surface area contributed by atoms with Crippen LogP contribution >= 0.6 is 27.5 Å². The maximum Gasteiger partial charge on any atom is 0.172 e. The molecule has 0 fully saturated rings. The summed E-state index contributed by atoms with van der Waals surface area (Å²) >= 11 is 8.80. The number of halogens is 3. The first-order valence-electron chi connectivity index (χ1n) is 4.69. The molecule has 0 saturated carbocycles. The molecule has 0 radical (unpaired) electrons. The van der Waals surface area contributed by atoms with Crippen LogP contribution in [0.1, 0.15) is 24.2 Å². The average Bonchev–Trinajstić information content (AvgIpc) is 2.25. The molecule has 0 spiro atoms. The molecule has 2 N–H and O–H groups in total. The van der Waals surface area contributed by atoms with Crippen LogP contribution in [-0.4, -0.2) is 12.3 Å². The second-order valence-electron chi connectivity index (χ2n) is 4.14. The molecule has 88 valence electrons. The van der Waals surface area contributed by atoms with Crippen LogP contribution in [0, 0.1) is 11.2 Å². The topological polar surface area (TPSA) is 43.1 Å². The van der Waals surface area contributed by atoms with E-state index in [1.165, 1.54) is 6.07 Å². The van der Waals surface area contributed by atoms with Crippen LogP contribution in [0.15, 0.2) is 16.6 Å². The van der Waals surface area contributed by atoms with Gasteiger partial charge in [-0.25, -0.2) is 4.39 Å². The third-order valence-corrected chi connectivity index (χ3v) is 3.66. The Morgan fingerprint density at radius 1 is 1.56 bits per heavy atom. The van der Waals surface area contributed by atoms with Gasteiger partial charge in [-0.05, 0) is 28.1 Å². The second kappa shape index (κ2) is 4.82. The van der Waals surface area contributed by atoms with Crippen molar-refractivity contribution in [3.63, 3.8) is 0 Å². The number of carbonyl (C=O) groups is 1. The van der Waals surface area contributed by atoms with Crippen molar-refractivity contribution in [2.45, 2.75) is 13.8 Å². The fourth-order valence-electron chi connectivity index (χ4n) is 1.16. The zero-order valence-corrected chi connectivity index (χ0v) is 11.3. The van der Waals surface area contributed by atoms with Crippen LogP contribution in [0.3, 0.4) is 0 Å². The number of ketones is 1. The lowest BCUT2D eigenvalue weighted by molar-refractivity contribution is 0.0843. The predicted octanol–water partition coefficient (Wildman–Crippen LogP) is 3.41. The van der Waals surface area contributed by atoms with E-state index in [4.69, 9.17) is 17.3 Å². The minimum absolute atomic E-state index is 0.0244. The molecule has 2 nitrogen and oxygen atoms in total. The van der Waals surface area contributed by atoms with Gasteiger partial charge >= 0.3 is 0 Å². The number of Topliss-reactive ketones (excluding diaryl/α,β-unsaturated/α-hetero) is 1. The van der Waals surface area contributed by atoms with E-state index in [0.717, 1.165) is 0 Å². The van der Waals surface area contributed by atoms with Gasteiger partial charge in [-0.2, -0.15) is 0 Å². The summed E-state index contributed by atoms with van der Waals surface area (Å²) in [5.74, 6) is -1.05. The summed E-state index contributed by atoms with van der Waals surface area (Å²) in [6.45, 7) is 3.49. The van der Waals surface area contributed by atoms with Gasteiger partial charge in [0.1, 0.15) is 0 Å². The van der Waals surface area contributed by atoms with E-state index < -0.39 is 11.2 Å². The Balaban J connectivity index is 3.26. The second-order valence-corrected chi connectivity index (χ2v) is 5.37. The molecule has 1 aromatic carbocycles. The van der Waals surface area contributed by atoms with Gasteiger partial charge in [0.15, 0.2) is 11.6 Å². The number of carbonyl (C=O) groups excluding carboxylic acids is 1. The minimum atomic E-state index is -0.794. The summed E-state index contributed by atoms with van der Waals surface area (Å²) in [6, 6.07) is 2.95. The number of benzene rings is 1. The number of hydrogen-bond donors (Lipinski definition) is 1. The molecule has 0 atom stereocenters. The lowest BCUT2D eigenvalue weighted by Crippen LogP contribution is -2.33. The van der Waals surface area contributed by atoms with E-state index in [-0.39, 0.29) is 22.9 Å². The molecule has 0 aliphatic heterocycles. The Bertz CT molecular complexity index is 434. The first-order chi connectivity index (χ1) is 7.31. The first-order valence-corrected chi connectivity index (χ1v) is 5.86. The number of nitrogens with two attached hydrogens (primary N) is 1. The Morgan fingerprint density at radius 3 is 2.62 bits per heavy atom. The molecule has 0 aromatic heterocycles. The van der Waals surface area contributed by atoms with Crippen molar-refractivity contribution < 1.29 is 9.18 Å². The summed E-state index contributed by atoms with van der Waals surface area (Å²) in [5.41, 5.74) is 4.66. The third-order valence-electron chi connectivity index (χ3n) is 2.40. The highest BCUT2D eigenvalue weighted by Crippen LogP contribution is 2.30. The highest BCUT2D eigenvalue weighted by molar-refractivity contribution is 9.10. The Labute approximate surface area is 107 Å². The number of hydrogen-bond acceptors (Lipinski definition) is 2. The molecule has 1 rings (SSSR count). The molecule has 0 unspecified atom stereocenters. The minimum Gasteiger partial charge on any atom is -0.329 e. The summed E-state index contributed by atoms with van der Waals surface area (Å²) in [6.07, 6.45) is 0. The SMILES string of the molecule is CC(C)(CN)C(=O)c1ccc(Br)c(Cl)c1F. The maximum atomic E-state index is 13.8. The molecule has 0 heterocycles. The lowest BCUT2D eigenvalue weighted by Gasteiger charge is -2.21. The molecule has 0 aliphatic rings. The summed E-state index contributed by atoms with van der Waals surface area (Å²) in [5, 5.41) is -0.0846. The van der Waals surface area contributed by atoms with Crippen molar-refractivity contribution in [3.8, 4) is 0 Å². The molecule has 0 bridgehead atoms. The summed E-state index contributed by atoms with van der Waals surface area (Å²) < 4.78 is 14.2. The van der Waals surface area contributed by atoms with E-state index in [1.54, 1.807) is 19.9 Å². The summed E-state index contributed by atoms with van der Waals surface area (Å²) in [4.78, 5) is 12.0. The van der Waals surface area contributed by atoms with Crippen molar-refractivity contribution in [2.75, 3.05) is 6.54 Å². The Kier molecular flexibility index (Phi) is 4.10. The maximum absolute atomic E-state index is 13.8. The molecule has 1 aromatic rings. The van der Waals surface area contributed by atoms with Crippen LogP contribution in [-0.2, 0) is 0 Å². The monoisotopic (exact) mass is 307 g/mol. The molecule has 0 aliphatic carbocycles. The highest BCUT2D eigenvalue weighted by atomic mass is 79.9. The Morgan fingerprint density at radius 2 is 2.12 bits per heavy atom. The van der Waals surface area contributed by atoms with E-state index in [2.05, 4.69) is 15.9 Å². The fraction of sp³-hybridized carbons (Fsp3) is 0.364. The van der Waals surface area contributed by atoms with Crippen LogP contribution in [0.5, 0.6) is 0 Å². The van der Waals surface area contributed by atoms with E-state index >= 15 is 0 Å². The lowest BCUT2D eigenvalue weighted by atomic mass is 9.84. The zero-order valence-electron chi connectivity index (χ0n) is 8.98. The molecule has 0 saturated heterocycles. The zero-order chi connectivity index (χ0) is 12.5. The average molecular weight is 309 g/mol. The van der Waals surface area contributed by atoms with Crippen molar-refractivity contribution in [1.29, 1.82) is 0 Å². The quantitative estimate of drug-likeness (QED) is 0.687. The van der Waals surface area contributed by atoms with Crippen LogP contribution in [0.25, 0.3) is 0 Å². The third kappa shape index (κ3) is 2.44.